The van der Waals surface area contributed by atoms with Gasteiger partial charge in [0, 0.05) is 48.3 Å². The molecule has 1 aromatic heterocycles. The zero-order valence-corrected chi connectivity index (χ0v) is 13.9. The van der Waals surface area contributed by atoms with Crippen LogP contribution in [0.1, 0.15) is 11.3 Å². The first-order chi connectivity index (χ1) is 10.5. The van der Waals surface area contributed by atoms with Gasteiger partial charge in [-0.1, -0.05) is 6.07 Å². The molecule has 0 saturated heterocycles. The highest BCUT2D eigenvalue weighted by atomic mass is 79.9. The number of aliphatic imine (C=N–C) groups is 1. The van der Waals surface area contributed by atoms with Gasteiger partial charge in [-0.2, -0.15) is 0 Å². The van der Waals surface area contributed by atoms with Gasteiger partial charge in [0.05, 0.1) is 5.69 Å². The average molecular weight is 358 g/mol. The summed E-state index contributed by atoms with van der Waals surface area (Å²) >= 11 is 3.41. The van der Waals surface area contributed by atoms with Crippen molar-refractivity contribution >= 4 is 27.8 Å². The van der Waals surface area contributed by atoms with Gasteiger partial charge in [0.2, 0.25) is 0 Å². The van der Waals surface area contributed by atoms with Gasteiger partial charge in [0.25, 0.3) is 0 Å². The van der Waals surface area contributed by atoms with E-state index >= 15 is 0 Å². The van der Waals surface area contributed by atoms with Gasteiger partial charge in [-0.15, -0.1) is 0 Å². The molecule has 0 spiro atoms. The van der Waals surface area contributed by atoms with Crippen LogP contribution in [0.5, 0.6) is 5.75 Å². The first kappa shape index (κ1) is 14.8. The number of allylic oxidation sites excluding steroid dienone is 1. The van der Waals surface area contributed by atoms with Crippen LogP contribution in [0, 0.1) is 0 Å². The van der Waals surface area contributed by atoms with Gasteiger partial charge in [-0.05, 0) is 46.3 Å². The molecule has 22 heavy (non-hydrogen) atoms. The van der Waals surface area contributed by atoms with Crippen molar-refractivity contribution in [3.05, 3.63) is 64.4 Å². The quantitative estimate of drug-likeness (QED) is 0.914. The number of halogens is 1. The number of hydrogen-bond acceptors (Lipinski definition) is 4. The molecule has 2 heterocycles. The fourth-order valence-corrected chi connectivity index (χ4v) is 2.88. The van der Waals surface area contributed by atoms with Crippen molar-refractivity contribution in [2.45, 2.75) is 5.54 Å². The van der Waals surface area contributed by atoms with Crippen LogP contribution >= 0.6 is 15.9 Å². The Bertz CT molecular complexity index is 739. The smallest absolute Gasteiger partial charge is 0.148 e. The summed E-state index contributed by atoms with van der Waals surface area (Å²) in [4.78, 5) is 11.2. The largest absolute Gasteiger partial charge is 0.508 e. The molecule has 1 aromatic carbocycles. The summed E-state index contributed by atoms with van der Waals surface area (Å²) in [5, 5.41) is 9.82. The zero-order valence-electron chi connectivity index (χ0n) is 12.4. The number of aromatic hydroxyl groups is 1. The third-order valence-electron chi connectivity index (χ3n) is 3.69. The summed E-state index contributed by atoms with van der Waals surface area (Å²) in [5.41, 5.74) is 2.08. The number of benzene rings is 1. The van der Waals surface area contributed by atoms with Crippen molar-refractivity contribution in [2.24, 2.45) is 4.99 Å². The van der Waals surface area contributed by atoms with Crippen molar-refractivity contribution < 1.29 is 5.11 Å². The molecule has 1 aliphatic rings. The monoisotopic (exact) mass is 357 g/mol. The number of rotatable bonds is 3. The minimum atomic E-state index is -0.659. The Kier molecular flexibility index (Phi) is 3.74. The van der Waals surface area contributed by atoms with E-state index in [4.69, 9.17) is 0 Å². The second-order valence-corrected chi connectivity index (χ2v) is 6.28. The van der Waals surface area contributed by atoms with E-state index in [0.29, 0.717) is 0 Å². The lowest BCUT2D eigenvalue weighted by Crippen LogP contribution is -2.26. The normalized spacial score (nSPS) is 19.6. The molecule has 0 amide bonds. The summed E-state index contributed by atoms with van der Waals surface area (Å²) < 4.78 is 0.927. The third-order valence-corrected chi connectivity index (χ3v) is 4.16. The van der Waals surface area contributed by atoms with Crippen LogP contribution in [0.25, 0.3) is 0 Å². The summed E-state index contributed by atoms with van der Waals surface area (Å²) in [6, 6.07) is 9.26. The maximum Gasteiger partial charge on any atom is 0.148 e. The standard InChI is InChI=1S/C17H16BrN3O/c1-21(2)15-10-13(22)5-6-14(15)17(8-3-9-20-17)16-7-4-12(18)11-19-16/h3-11,22H,1-2H3. The minimum Gasteiger partial charge on any atom is -0.508 e. The van der Waals surface area contributed by atoms with Crippen LogP contribution in [0.3, 0.4) is 0 Å². The fraction of sp³-hybridized carbons (Fsp3) is 0.176. The molecule has 5 heteroatoms. The van der Waals surface area contributed by atoms with Crippen molar-refractivity contribution in [3.8, 4) is 5.75 Å². The lowest BCUT2D eigenvalue weighted by Gasteiger charge is -2.29. The maximum absolute atomic E-state index is 9.82. The van der Waals surface area contributed by atoms with E-state index in [9.17, 15) is 5.11 Å². The van der Waals surface area contributed by atoms with Crippen LogP contribution in [0.2, 0.25) is 0 Å². The Morgan fingerprint density at radius 2 is 2.00 bits per heavy atom. The molecule has 0 saturated carbocycles. The van der Waals surface area contributed by atoms with E-state index in [-0.39, 0.29) is 5.75 Å². The molecule has 0 aliphatic carbocycles. The van der Waals surface area contributed by atoms with Gasteiger partial charge >= 0.3 is 0 Å². The molecular weight excluding hydrogens is 342 g/mol. The predicted octanol–water partition coefficient (Wildman–Crippen LogP) is 3.50. The molecule has 1 aliphatic heterocycles. The van der Waals surface area contributed by atoms with Gasteiger partial charge in [0.1, 0.15) is 11.3 Å². The third kappa shape index (κ3) is 2.41. The predicted molar refractivity (Wildman–Crippen MR) is 92.8 cm³/mol. The molecule has 3 rings (SSSR count). The van der Waals surface area contributed by atoms with Crippen LogP contribution < -0.4 is 4.90 Å². The Labute approximate surface area is 138 Å². The number of phenolic OH excluding ortho intramolecular Hbond substituents is 1. The lowest BCUT2D eigenvalue weighted by atomic mass is 9.85. The van der Waals surface area contributed by atoms with Crippen LogP contribution in [0.15, 0.2) is 58.1 Å². The highest BCUT2D eigenvalue weighted by Crippen LogP contribution is 2.42. The first-order valence-electron chi connectivity index (χ1n) is 6.89. The summed E-state index contributed by atoms with van der Waals surface area (Å²) in [6.07, 6.45) is 7.52. The highest BCUT2D eigenvalue weighted by Gasteiger charge is 2.36. The number of nitrogens with zero attached hydrogens (tertiary/aromatic N) is 3. The van der Waals surface area contributed by atoms with Gasteiger partial charge < -0.3 is 10.0 Å². The molecule has 2 aromatic rings. The lowest BCUT2D eigenvalue weighted by molar-refractivity contribution is 0.474. The number of hydrogen-bond donors (Lipinski definition) is 1. The molecule has 1 unspecified atom stereocenters. The Balaban J connectivity index is 2.24. The maximum atomic E-state index is 9.82. The van der Waals surface area contributed by atoms with E-state index in [2.05, 4.69) is 25.9 Å². The highest BCUT2D eigenvalue weighted by molar-refractivity contribution is 9.10. The number of phenols is 1. The Morgan fingerprint density at radius 1 is 1.18 bits per heavy atom. The molecule has 112 valence electrons. The van der Waals surface area contributed by atoms with E-state index in [1.54, 1.807) is 24.5 Å². The number of pyridine rings is 1. The zero-order chi connectivity index (χ0) is 15.7. The number of anilines is 1. The molecule has 0 fully saturated rings. The molecule has 4 nitrogen and oxygen atoms in total. The molecular formula is C17H16BrN3O. The first-order valence-corrected chi connectivity index (χ1v) is 7.68. The van der Waals surface area contributed by atoms with E-state index in [1.165, 1.54) is 0 Å². The minimum absolute atomic E-state index is 0.234. The van der Waals surface area contributed by atoms with Crippen LogP contribution in [-0.2, 0) is 5.54 Å². The fourth-order valence-electron chi connectivity index (χ4n) is 2.65. The van der Waals surface area contributed by atoms with Crippen LogP contribution in [-0.4, -0.2) is 30.4 Å². The summed E-state index contributed by atoms with van der Waals surface area (Å²) in [6.45, 7) is 0. The Hall–Kier alpha value is -2.14. The van der Waals surface area contributed by atoms with Crippen molar-refractivity contribution in [2.75, 3.05) is 19.0 Å². The van der Waals surface area contributed by atoms with Gasteiger partial charge in [-0.3, -0.25) is 9.98 Å². The van der Waals surface area contributed by atoms with Gasteiger partial charge in [-0.25, -0.2) is 0 Å². The second-order valence-electron chi connectivity index (χ2n) is 5.36. The second kappa shape index (κ2) is 5.57. The molecule has 0 radical (unpaired) electrons. The molecule has 1 atom stereocenters. The van der Waals surface area contributed by atoms with Crippen molar-refractivity contribution in [3.63, 3.8) is 0 Å². The van der Waals surface area contributed by atoms with Crippen molar-refractivity contribution in [1.29, 1.82) is 0 Å². The SMILES string of the molecule is CN(C)c1cc(O)ccc1C1(c2ccc(Br)cn2)C=CC=N1. The van der Waals surface area contributed by atoms with E-state index in [1.807, 2.05) is 49.3 Å². The molecule has 1 N–H and O–H groups in total. The average Bonchev–Trinajstić information content (AvgIpc) is 2.98. The van der Waals surface area contributed by atoms with Crippen LogP contribution in [0.4, 0.5) is 5.69 Å². The summed E-state index contributed by atoms with van der Waals surface area (Å²) in [7, 11) is 3.90. The number of aromatic nitrogens is 1. The topological polar surface area (TPSA) is 48.7 Å². The van der Waals surface area contributed by atoms with Crippen molar-refractivity contribution in [1.82, 2.24) is 4.98 Å². The molecule has 0 bridgehead atoms. The van der Waals surface area contributed by atoms with E-state index in [0.717, 1.165) is 21.4 Å². The van der Waals surface area contributed by atoms with E-state index < -0.39 is 5.54 Å². The van der Waals surface area contributed by atoms with Gasteiger partial charge in [0.15, 0.2) is 0 Å². The summed E-state index contributed by atoms with van der Waals surface area (Å²) in [5.74, 6) is 0.234. The Morgan fingerprint density at radius 3 is 2.59 bits per heavy atom.